The van der Waals surface area contributed by atoms with Crippen LogP contribution < -0.4 is 21.4 Å². The number of aromatic hydroxyl groups is 1. The second-order valence-electron chi connectivity index (χ2n) is 6.94. The van der Waals surface area contributed by atoms with Crippen molar-refractivity contribution < 1.29 is 15.0 Å². The molecule has 0 aliphatic heterocycles. The summed E-state index contributed by atoms with van der Waals surface area (Å²) in [6, 6.07) is 2.30. The van der Waals surface area contributed by atoms with Gasteiger partial charge >= 0.3 is 5.97 Å². The van der Waals surface area contributed by atoms with E-state index in [0.29, 0.717) is 6.54 Å². The molecule has 2 aromatic carbocycles. The van der Waals surface area contributed by atoms with Gasteiger partial charge in [-0.2, -0.15) is 0 Å². The number of nitrogens with one attached hydrogen (secondary N) is 2. The summed E-state index contributed by atoms with van der Waals surface area (Å²) >= 11 is 0. The molecule has 0 aliphatic rings. The molecule has 0 fully saturated rings. The number of nitrogens with zero attached hydrogens (tertiary/aromatic N) is 2. The number of carboxylic acid groups (broad SMARTS) is 1. The first-order chi connectivity index (χ1) is 14.3. The lowest BCUT2D eigenvalue weighted by molar-refractivity contribution is 0.0699. The minimum atomic E-state index is -1.25. The van der Waals surface area contributed by atoms with Crippen LogP contribution in [0.2, 0.25) is 0 Å². The third-order valence-electron chi connectivity index (χ3n) is 5.23. The zero-order valence-corrected chi connectivity index (χ0v) is 17.1. The second kappa shape index (κ2) is 8.50. The van der Waals surface area contributed by atoms with E-state index in [1.165, 1.54) is 13.0 Å². The highest BCUT2D eigenvalue weighted by molar-refractivity contribution is 6.02. The molecule has 30 heavy (non-hydrogen) atoms. The van der Waals surface area contributed by atoms with Crippen LogP contribution in [0.4, 0.5) is 0 Å². The Balaban J connectivity index is 2.25. The largest absolute Gasteiger partial charge is 0.507 e. The van der Waals surface area contributed by atoms with Crippen molar-refractivity contribution in [2.24, 2.45) is 0 Å². The summed E-state index contributed by atoms with van der Waals surface area (Å²) in [6.07, 6.45) is 1.56. The van der Waals surface area contributed by atoms with Gasteiger partial charge in [0.1, 0.15) is 22.3 Å². The molecule has 0 aliphatic carbocycles. The van der Waals surface area contributed by atoms with Crippen LogP contribution >= 0.6 is 0 Å². The Labute approximate surface area is 171 Å². The Morgan fingerprint density at radius 1 is 1.20 bits per heavy atom. The van der Waals surface area contributed by atoms with Crippen molar-refractivity contribution in [3.8, 4) is 5.75 Å². The molecule has 3 rings (SSSR count). The molecule has 0 amide bonds. The molecule has 0 saturated heterocycles. The normalized spacial score (nSPS) is 12.2. The van der Waals surface area contributed by atoms with E-state index < -0.39 is 16.8 Å². The quantitative estimate of drug-likeness (QED) is 0.326. The molecule has 0 saturated carbocycles. The van der Waals surface area contributed by atoms with Crippen LogP contribution in [0.5, 0.6) is 5.75 Å². The molecular weight excluding hydrogens is 388 g/mol. The van der Waals surface area contributed by atoms with Crippen LogP contribution in [0.3, 0.4) is 0 Å². The lowest BCUT2D eigenvalue weighted by Gasteiger charge is -2.17. The summed E-state index contributed by atoms with van der Waals surface area (Å²) in [6.45, 7) is 8.84. The van der Waals surface area contributed by atoms with Gasteiger partial charge in [0, 0.05) is 24.9 Å². The number of aromatic amines is 1. The number of likely N-dealkylation sites (N-methyl/N-ethyl adjacent to an activating group) is 1. The molecule has 9 nitrogen and oxygen atoms in total. The first-order valence-electron chi connectivity index (χ1n) is 9.71. The summed E-state index contributed by atoms with van der Waals surface area (Å²) in [5.74, 6) is -1.48. The van der Waals surface area contributed by atoms with Crippen molar-refractivity contribution in [2.45, 2.75) is 20.8 Å². The minimum Gasteiger partial charge on any atom is -0.507 e. The van der Waals surface area contributed by atoms with Crippen LogP contribution in [0.1, 0.15) is 29.8 Å². The summed E-state index contributed by atoms with van der Waals surface area (Å²) in [5.41, 5.74) is -1.05. The van der Waals surface area contributed by atoms with E-state index in [1.54, 1.807) is 6.20 Å². The van der Waals surface area contributed by atoms with Gasteiger partial charge in [-0.1, -0.05) is 13.8 Å². The second-order valence-corrected chi connectivity index (χ2v) is 6.94. The van der Waals surface area contributed by atoms with Crippen LogP contribution in [-0.2, 0) is 0 Å². The van der Waals surface area contributed by atoms with Crippen molar-refractivity contribution >= 4 is 34.2 Å². The summed E-state index contributed by atoms with van der Waals surface area (Å²) in [7, 11) is 0. The monoisotopic (exact) mass is 412 g/mol. The predicted molar refractivity (Wildman–Crippen MR) is 115 cm³/mol. The van der Waals surface area contributed by atoms with E-state index in [2.05, 4.69) is 34.0 Å². The fourth-order valence-electron chi connectivity index (χ4n) is 3.38. The molecule has 158 valence electrons. The van der Waals surface area contributed by atoms with Gasteiger partial charge in [0.2, 0.25) is 10.9 Å². The number of fused-ring (bicyclic) bond motifs is 2. The highest BCUT2D eigenvalue weighted by Crippen LogP contribution is 2.17. The molecule has 0 unspecified atom stereocenters. The lowest BCUT2D eigenvalue weighted by Crippen LogP contribution is -2.31. The fraction of sp³-hybridized carbons (Fsp3) is 0.333. The molecule has 0 radical (unpaired) electrons. The minimum absolute atomic E-state index is 0.0230. The number of benzene rings is 2. The first kappa shape index (κ1) is 21.3. The maximum absolute atomic E-state index is 12.7. The fourth-order valence-corrected chi connectivity index (χ4v) is 3.38. The third-order valence-corrected chi connectivity index (χ3v) is 5.23. The third kappa shape index (κ3) is 3.71. The van der Waals surface area contributed by atoms with Gasteiger partial charge in [-0.05, 0) is 32.1 Å². The number of H-pyrrole nitrogens is 1. The lowest BCUT2D eigenvalue weighted by atomic mass is 10.1. The predicted octanol–water partition coefficient (Wildman–Crippen LogP) is 0.537. The maximum Gasteiger partial charge on any atom is 0.337 e. The first-order valence-corrected chi connectivity index (χ1v) is 9.71. The molecule has 9 heteroatoms. The van der Waals surface area contributed by atoms with Crippen molar-refractivity contribution in [3.05, 3.63) is 48.9 Å². The van der Waals surface area contributed by atoms with Gasteiger partial charge in [-0.15, -0.1) is 0 Å². The molecule has 0 atom stereocenters. The number of hydrogen-bond acceptors (Lipinski definition) is 7. The van der Waals surface area contributed by atoms with Gasteiger partial charge in [-0.25, -0.2) is 9.78 Å². The standard InChI is InChI=1S/C21H24N4O5/c1-4-25(5-2)9-8-22-10-13-16-18(20(28)11(3)19(13)27)24-15-12(21(29)30)6-7-14(26)17(15)23-16/h6-7,10,22,24,27H,4-5,8-9H2,1-3H3,(H,29,30)/b13-10-. The molecular formula is C21H24N4O5. The number of carboxylic acids is 1. The number of rotatable bonds is 7. The molecule has 1 heterocycles. The zero-order chi connectivity index (χ0) is 22.0. The van der Waals surface area contributed by atoms with Crippen LogP contribution in [0.15, 0.2) is 21.7 Å². The molecule has 0 spiro atoms. The van der Waals surface area contributed by atoms with Crippen LogP contribution in [0.25, 0.3) is 28.3 Å². The van der Waals surface area contributed by atoms with Gasteiger partial charge in [0.15, 0.2) is 0 Å². The van der Waals surface area contributed by atoms with Gasteiger partial charge < -0.3 is 25.4 Å². The number of aromatic carboxylic acids is 1. The van der Waals surface area contributed by atoms with Crippen molar-refractivity contribution in [1.29, 1.82) is 0 Å². The van der Waals surface area contributed by atoms with E-state index in [1.807, 2.05) is 0 Å². The molecule has 3 aromatic rings. The number of carbonyl (C=O) groups is 1. The average Bonchev–Trinajstić information content (AvgIpc) is 2.73. The molecule has 0 bridgehead atoms. The smallest absolute Gasteiger partial charge is 0.337 e. The Morgan fingerprint density at radius 2 is 1.90 bits per heavy atom. The number of aromatic nitrogens is 2. The Bertz CT molecular complexity index is 1300. The average molecular weight is 412 g/mol. The zero-order valence-electron chi connectivity index (χ0n) is 17.1. The van der Waals surface area contributed by atoms with E-state index in [0.717, 1.165) is 25.7 Å². The topological polar surface area (TPSA) is 136 Å². The Kier molecular flexibility index (Phi) is 6.02. The Hall–Kier alpha value is -3.46. The number of hydrogen-bond donors (Lipinski definition) is 4. The highest BCUT2D eigenvalue weighted by atomic mass is 16.4. The maximum atomic E-state index is 12.7. The number of phenols is 1. The van der Waals surface area contributed by atoms with E-state index in [-0.39, 0.29) is 44.2 Å². The molecule has 4 N–H and O–H groups in total. The van der Waals surface area contributed by atoms with Crippen LogP contribution in [0, 0.1) is 6.92 Å². The summed E-state index contributed by atoms with van der Waals surface area (Å²) in [5, 5.41) is 23.3. The number of phenolic OH excluding ortho intramolecular Hbond substituents is 1. The SMILES string of the molecule is CCN(CC)CCN/C=c1\c(O)c(C)c(=O)c2[nH]c3c(C(=O)O)ccc(=O)c3nc12. The van der Waals surface area contributed by atoms with Gasteiger partial charge in [0.25, 0.3) is 0 Å². The van der Waals surface area contributed by atoms with E-state index in [9.17, 15) is 24.6 Å². The highest BCUT2D eigenvalue weighted by Gasteiger charge is 2.18. The summed E-state index contributed by atoms with van der Waals surface area (Å²) in [4.78, 5) is 45.8. The Morgan fingerprint density at radius 3 is 2.53 bits per heavy atom. The van der Waals surface area contributed by atoms with Gasteiger partial charge in [0.05, 0.1) is 16.3 Å². The van der Waals surface area contributed by atoms with Crippen molar-refractivity contribution in [1.82, 2.24) is 20.2 Å². The van der Waals surface area contributed by atoms with Gasteiger partial charge in [-0.3, -0.25) is 9.59 Å². The van der Waals surface area contributed by atoms with E-state index >= 15 is 0 Å². The summed E-state index contributed by atoms with van der Waals surface area (Å²) < 4.78 is 0. The van der Waals surface area contributed by atoms with E-state index in [4.69, 9.17) is 0 Å². The van der Waals surface area contributed by atoms with Crippen LogP contribution in [-0.4, -0.2) is 57.2 Å². The van der Waals surface area contributed by atoms with Crippen molar-refractivity contribution in [3.63, 3.8) is 0 Å². The molecule has 1 aromatic heterocycles. The van der Waals surface area contributed by atoms with Crippen molar-refractivity contribution in [2.75, 3.05) is 26.2 Å².